The summed E-state index contributed by atoms with van der Waals surface area (Å²) in [7, 11) is 0. The van der Waals surface area contributed by atoms with E-state index in [1.165, 1.54) is 6.33 Å². The van der Waals surface area contributed by atoms with Gasteiger partial charge in [0.25, 0.3) is 5.56 Å². The van der Waals surface area contributed by atoms with Crippen molar-refractivity contribution in [1.82, 2.24) is 9.97 Å². The van der Waals surface area contributed by atoms with Crippen molar-refractivity contribution in [2.24, 2.45) is 11.7 Å². The zero-order valence-electron chi connectivity index (χ0n) is 8.75. The molecule has 1 unspecified atom stereocenters. The Balaban J connectivity index is 2.88. The third-order valence-corrected chi connectivity index (χ3v) is 2.91. The van der Waals surface area contributed by atoms with Crippen LogP contribution < -0.4 is 16.6 Å². The second-order valence-electron chi connectivity index (χ2n) is 3.62. The molecule has 1 atom stereocenters. The van der Waals surface area contributed by atoms with E-state index in [1.54, 1.807) is 0 Å². The molecule has 1 heterocycles. The van der Waals surface area contributed by atoms with E-state index >= 15 is 0 Å². The number of hydrogen-bond donors (Lipinski definition) is 3. The molecule has 6 heteroatoms. The van der Waals surface area contributed by atoms with Gasteiger partial charge in [-0.2, -0.15) is 0 Å². The van der Waals surface area contributed by atoms with Gasteiger partial charge in [0.15, 0.2) is 0 Å². The van der Waals surface area contributed by atoms with Crippen LogP contribution >= 0.6 is 15.9 Å². The first kappa shape index (κ1) is 12.2. The van der Waals surface area contributed by atoms with Crippen LogP contribution in [-0.4, -0.2) is 22.6 Å². The van der Waals surface area contributed by atoms with Crippen molar-refractivity contribution in [1.29, 1.82) is 0 Å². The zero-order valence-corrected chi connectivity index (χ0v) is 10.3. The van der Waals surface area contributed by atoms with E-state index in [1.807, 2.05) is 0 Å². The summed E-state index contributed by atoms with van der Waals surface area (Å²) in [6.07, 6.45) is 1.36. The molecule has 0 bridgehead atoms. The number of aromatic amines is 1. The highest BCUT2D eigenvalue weighted by Crippen LogP contribution is 2.16. The minimum absolute atomic E-state index is 0.107. The molecule has 1 aromatic heterocycles. The number of H-pyrrole nitrogens is 1. The molecule has 0 saturated heterocycles. The fourth-order valence-electron chi connectivity index (χ4n) is 1.16. The molecule has 0 amide bonds. The normalized spacial score (nSPS) is 12.9. The summed E-state index contributed by atoms with van der Waals surface area (Å²) >= 11 is 3.18. The van der Waals surface area contributed by atoms with Gasteiger partial charge in [0, 0.05) is 12.6 Å². The minimum Gasteiger partial charge on any atom is -0.365 e. The van der Waals surface area contributed by atoms with Gasteiger partial charge >= 0.3 is 0 Å². The third-order valence-electron chi connectivity index (χ3n) is 2.18. The highest BCUT2D eigenvalue weighted by atomic mass is 79.9. The van der Waals surface area contributed by atoms with Crippen LogP contribution in [0.25, 0.3) is 0 Å². The molecular weight excluding hydrogens is 260 g/mol. The maximum atomic E-state index is 11.3. The van der Waals surface area contributed by atoms with Gasteiger partial charge < -0.3 is 16.0 Å². The third kappa shape index (κ3) is 3.04. The van der Waals surface area contributed by atoms with E-state index in [9.17, 15) is 4.79 Å². The van der Waals surface area contributed by atoms with Crippen molar-refractivity contribution in [3.8, 4) is 0 Å². The van der Waals surface area contributed by atoms with Crippen LogP contribution in [0.1, 0.15) is 13.8 Å². The fourth-order valence-corrected chi connectivity index (χ4v) is 1.49. The maximum absolute atomic E-state index is 11.3. The number of nitrogens with zero attached hydrogens (tertiary/aromatic N) is 1. The molecule has 0 aliphatic carbocycles. The number of rotatable bonds is 4. The molecule has 0 fully saturated rings. The molecule has 0 spiro atoms. The smallest absolute Gasteiger partial charge is 0.267 e. The lowest BCUT2D eigenvalue weighted by molar-refractivity contribution is 0.529. The van der Waals surface area contributed by atoms with Gasteiger partial charge in [0.05, 0.1) is 6.33 Å². The first-order valence-corrected chi connectivity index (χ1v) is 5.55. The topological polar surface area (TPSA) is 83.8 Å². The Morgan fingerprint density at radius 1 is 1.67 bits per heavy atom. The SMILES string of the molecule is CC(C)C(CN)Nc1nc[nH]c(=O)c1Br. The molecule has 1 rings (SSSR count). The second-order valence-corrected chi connectivity index (χ2v) is 4.42. The predicted molar refractivity (Wildman–Crippen MR) is 63.9 cm³/mol. The number of aromatic nitrogens is 2. The summed E-state index contributed by atoms with van der Waals surface area (Å²) in [5.41, 5.74) is 5.42. The predicted octanol–water partition coefficient (Wildman–Crippen LogP) is 0.928. The molecule has 15 heavy (non-hydrogen) atoms. The van der Waals surface area contributed by atoms with Gasteiger partial charge in [-0.25, -0.2) is 4.98 Å². The van der Waals surface area contributed by atoms with Crippen molar-refractivity contribution < 1.29 is 0 Å². The molecule has 4 N–H and O–H groups in total. The van der Waals surface area contributed by atoms with Crippen molar-refractivity contribution >= 4 is 21.7 Å². The lowest BCUT2D eigenvalue weighted by atomic mass is 10.1. The van der Waals surface area contributed by atoms with Crippen LogP contribution in [0.3, 0.4) is 0 Å². The highest BCUT2D eigenvalue weighted by Gasteiger charge is 2.14. The Labute approximate surface area is 96.6 Å². The standard InChI is InChI=1S/C9H15BrN4O/c1-5(2)6(3-11)14-8-7(10)9(15)13-4-12-8/h4-6H,3,11H2,1-2H3,(H2,12,13,14,15). The monoisotopic (exact) mass is 274 g/mol. The Kier molecular flexibility index (Phi) is 4.28. The van der Waals surface area contributed by atoms with E-state index in [-0.39, 0.29) is 11.6 Å². The number of nitrogens with two attached hydrogens (primary N) is 1. The van der Waals surface area contributed by atoms with Crippen LogP contribution in [-0.2, 0) is 0 Å². The van der Waals surface area contributed by atoms with Crippen molar-refractivity contribution in [2.75, 3.05) is 11.9 Å². The van der Waals surface area contributed by atoms with Crippen molar-refractivity contribution in [3.05, 3.63) is 21.2 Å². The number of hydrogen-bond acceptors (Lipinski definition) is 4. The number of anilines is 1. The van der Waals surface area contributed by atoms with Crippen LogP contribution in [0.15, 0.2) is 15.6 Å². The molecule has 0 saturated carbocycles. The maximum Gasteiger partial charge on any atom is 0.267 e. The molecule has 5 nitrogen and oxygen atoms in total. The summed E-state index contributed by atoms with van der Waals surface area (Å²) in [6.45, 7) is 4.62. The van der Waals surface area contributed by atoms with Gasteiger partial charge in [-0.3, -0.25) is 4.79 Å². The highest BCUT2D eigenvalue weighted by molar-refractivity contribution is 9.10. The Bertz CT molecular complexity index is 377. The fraction of sp³-hybridized carbons (Fsp3) is 0.556. The Morgan fingerprint density at radius 2 is 2.33 bits per heavy atom. The molecule has 1 aromatic rings. The quantitative estimate of drug-likeness (QED) is 0.763. The van der Waals surface area contributed by atoms with Gasteiger partial charge in [-0.15, -0.1) is 0 Å². The van der Waals surface area contributed by atoms with Crippen molar-refractivity contribution in [3.63, 3.8) is 0 Å². The Morgan fingerprint density at radius 3 is 2.87 bits per heavy atom. The average molecular weight is 275 g/mol. The minimum atomic E-state index is -0.202. The molecular formula is C9H15BrN4O. The summed E-state index contributed by atoms with van der Waals surface area (Å²) in [4.78, 5) is 17.8. The lowest BCUT2D eigenvalue weighted by Gasteiger charge is -2.21. The van der Waals surface area contributed by atoms with Gasteiger partial charge in [0.1, 0.15) is 10.3 Å². The molecule has 0 radical (unpaired) electrons. The van der Waals surface area contributed by atoms with Gasteiger partial charge in [0.2, 0.25) is 0 Å². The summed E-state index contributed by atoms with van der Waals surface area (Å²) < 4.78 is 0.407. The molecule has 0 aromatic carbocycles. The van der Waals surface area contributed by atoms with Crippen molar-refractivity contribution in [2.45, 2.75) is 19.9 Å². The van der Waals surface area contributed by atoms with E-state index < -0.39 is 0 Å². The molecule has 0 aliphatic heterocycles. The van der Waals surface area contributed by atoms with Crippen LogP contribution in [0, 0.1) is 5.92 Å². The van der Waals surface area contributed by atoms with Gasteiger partial charge in [-0.1, -0.05) is 13.8 Å². The van der Waals surface area contributed by atoms with E-state index in [2.05, 4.69) is 45.1 Å². The van der Waals surface area contributed by atoms with E-state index in [4.69, 9.17) is 5.73 Å². The Hall–Kier alpha value is -0.880. The zero-order chi connectivity index (χ0) is 11.4. The lowest BCUT2D eigenvalue weighted by Crippen LogP contribution is -2.34. The first-order chi connectivity index (χ1) is 7.06. The van der Waals surface area contributed by atoms with Gasteiger partial charge in [-0.05, 0) is 21.8 Å². The molecule has 0 aliphatic rings. The second kappa shape index (κ2) is 5.27. The number of nitrogens with one attached hydrogen (secondary N) is 2. The van der Waals surface area contributed by atoms with Crippen LogP contribution in [0.4, 0.5) is 5.82 Å². The first-order valence-electron chi connectivity index (χ1n) is 4.76. The molecule has 84 valence electrons. The van der Waals surface area contributed by atoms with E-state index in [0.717, 1.165) is 0 Å². The van der Waals surface area contributed by atoms with Crippen LogP contribution in [0.2, 0.25) is 0 Å². The summed E-state index contributed by atoms with van der Waals surface area (Å²) in [5, 5.41) is 3.13. The van der Waals surface area contributed by atoms with E-state index in [0.29, 0.717) is 22.8 Å². The largest absolute Gasteiger partial charge is 0.365 e. The van der Waals surface area contributed by atoms with Crippen LogP contribution in [0.5, 0.6) is 0 Å². The number of halogens is 1. The summed E-state index contributed by atoms with van der Waals surface area (Å²) in [6, 6.07) is 0.107. The average Bonchev–Trinajstić information content (AvgIpc) is 2.19. The summed E-state index contributed by atoms with van der Waals surface area (Å²) in [5.74, 6) is 0.908.